The Hall–Kier alpha value is -3.81. The number of hydrogen-bond donors (Lipinski definition) is 1. The number of hydrogen-bond acceptors (Lipinski definition) is 4. The number of anilines is 1. The van der Waals surface area contributed by atoms with Gasteiger partial charge in [0.15, 0.2) is 5.82 Å². The van der Waals surface area contributed by atoms with Crippen LogP contribution < -0.4 is 5.32 Å². The van der Waals surface area contributed by atoms with Crippen LogP contribution in [0.2, 0.25) is 0 Å². The molecule has 4 rings (SSSR count). The van der Waals surface area contributed by atoms with Gasteiger partial charge in [-0.15, -0.1) is 0 Å². The van der Waals surface area contributed by atoms with Crippen molar-refractivity contribution in [1.29, 1.82) is 0 Å². The first-order valence-electron chi connectivity index (χ1n) is 8.66. The maximum Gasteiger partial charge on any atom is 0.247 e. The molecule has 0 aliphatic rings. The number of nitrogens with zero attached hydrogens (tertiary/aromatic N) is 5. The Bertz CT molecular complexity index is 1120. The highest BCUT2D eigenvalue weighted by Crippen LogP contribution is 2.18. The lowest BCUT2D eigenvalue weighted by atomic mass is 10.1. The average Bonchev–Trinajstić information content (AvgIpc) is 3.29. The molecule has 0 saturated heterocycles. The van der Waals surface area contributed by atoms with Gasteiger partial charge in [-0.2, -0.15) is 14.9 Å². The van der Waals surface area contributed by atoms with Crippen molar-refractivity contribution in [2.24, 2.45) is 0 Å². The Morgan fingerprint density at radius 3 is 2.79 bits per heavy atom. The summed E-state index contributed by atoms with van der Waals surface area (Å²) in [7, 11) is 0. The predicted octanol–water partition coefficient (Wildman–Crippen LogP) is 3.22. The molecular weight excluding hydrogens is 359 g/mol. The van der Waals surface area contributed by atoms with Crippen LogP contribution in [0.4, 0.5) is 10.2 Å². The Balaban J connectivity index is 1.49. The lowest BCUT2D eigenvalue weighted by Crippen LogP contribution is -2.21. The zero-order chi connectivity index (χ0) is 19.5. The molecule has 0 unspecified atom stereocenters. The molecule has 0 spiro atoms. The third kappa shape index (κ3) is 3.80. The van der Waals surface area contributed by atoms with Crippen LogP contribution in [0.5, 0.6) is 0 Å². The van der Waals surface area contributed by atoms with E-state index in [4.69, 9.17) is 0 Å². The van der Waals surface area contributed by atoms with Gasteiger partial charge < -0.3 is 5.32 Å². The molecule has 0 saturated carbocycles. The Morgan fingerprint density at radius 1 is 1.11 bits per heavy atom. The van der Waals surface area contributed by atoms with Crippen molar-refractivity contribution < 1.29 is 9.18 Å². The number of carbonyl (C=O) groups is 1. The molecule has 1 amide bonds. The van der Waals surface area contributed by atoms with Crippen molar-refractivity contribution in [3.05, 3.63) is 78.5 Å². The summed E-state index contributed by atoms with van der Waals surface area (Å²) in [4.78, 5) is 16.7. The molecule has 0 fully saturated rings. The standard InChI is InChI=1S/C20H17FN6O/c1-14-11-19(27(24-14)18-7-2-3-9-22-18)23-20(28)13-26-10-8-17(25-26)15-5-4-6-16(21)12-15/h2-12H,13H2,1H3,(H,23,28). The lowest BCUT2D eigenvalue weighted by molar-refractivity contribution is -0.116. The van der Waals surface area contributed by atoms with E-state index in [0.717, 1.165) is 5.69 Å². The Morgan fingerprint density at radius 2 is 2.00 bits per heavy atom. The topological polar surface area (TPSA) is 77.6 Å². The molecule has 0 bridgehead atoms. The first-order valence-corrected chi connectivity index (χ1v) is 8.66. The first-order chi connectivity index (χ1) is 13.6. The van der Waals surface area contributed by atoms with Crippen molar-refractivity contribution in [2.45, 2.75) is 13.5 Å². The fourth-order valence-corrected chi connectivity index (χ4v) is 2.82. The van der Waals surface area contributed by atoms with Crippen molar-refractivity contribution in [2.75, 3.05) is 5.32 Å². The summed E-state index contributed by atoms with van der Waals surface area (Å²) in [6.45, 7) is 1.86. The highest BCUT2D eigenvalue weighted by Gasteiger charge is 2.13. The maximum atomic E-state index is 13.4. The molecule has 8 heteroatoms. The van der Waals surface area contributed by atoms with Crippen molar-refractivity contribution in [3.8, 4) is 17.1 Å². The van der Waals surface area contributed by atoms with Crippen molar-refractivity contribution >= 4 is 11.7 Å². The molecule has 0 atom stereocenters. The van der Waals surface area contributed by atoms with E-state index in [1.165, 1.54) is 16.8 Å². The molecule has 0 radical (unpaired) electrons. The number of benzene rings is 1. The van der Waals surface area contributed by atoms with Gasteiger partial charge in [0.1, 0.15) is 18.2 Å². The lowest BCUT2D eigenvalue weighted by Gasteiger charge is -2.08. The van der Waals surface area contributed by atoms with Crippen LogP contribution in [0.25, 0.3) is 17.1 Å². The number of nitrogens with one attached hydrogen (secondary N) is 1. The summed E-state index contributed by atoms with van der Waals surface area (Å²) in [5.41, 5.74) is 2.01. The Labute approximate surface area is 160 Å². The third-order valence-corrected chi connectivity index (χ3v) is 4.03. The van der Waals surface area contributed by atoms with E-state index in [1.54, 1.807) is 47.4 Å². The molecule has 0 aliphatic heterocycles. The van der Waals surface area contributed by atoms with Crippen LogP contribution in [-0.2, 0) is 11.3 Å². The average molecular weight is 376 g/mol. The fraction of sp³-hybridized carbons (Fsp3) is 0.100. The number of pyridine rings is 1. The summed E-state index contributed by atoms with van der Waals surface area (Å²) in [5.74, 6) is 0.547. The third-order valence-electron chi connectivity index (χ3n) is 4.03. The number of halogens is 1. The highest BCUT2D eigenvalue weighted by atomic mass is 19.1. The molecule has 3 aromatic heterocycles. The van der Waals surface area contributed by atoms with E-state index in [2.05, 4.69) is 20.5 Å². The minimum absolute atomic E-state index is 0.0156. The van der Waals surface area contributed by atoms with Gasteiger partial charge in [-0.05, 0) is 37.3 Å². The number of rotatable bonds is 5. The van der Waals surface area contributed by atoms with Gasteiger partial charge in [0.05, 0.1) is 11.4 Å². The zero-order valence-electron chi connectivity index (χ0n) is 15.1. The molecule has 28 heavy (non-hydrogen) atoms. The predicted molar refractivity (Wildman–Crippen MR) is 102 cm³/mol. The van der Waals surface area contributed by atoms with Gasteiger partial charge >= 0.3 is 0 Å². The quantitative estimate of drug-likeness (QED) is 0.580. The zero-order valence-corrected chi connectivity index (χ0v) is 15.1. The Kier molecular flexibility index (Phi) is 4.67. The molecule has 4 aromatic rings. The smallest absolute Gasteiger partial charge is 0.247 e. The number of aryl methyl sites for hydroxylation is 1. The minimum Gasteiger partial charge on any atom is -0.309 e. The molecule has 3 heterocycles. The highest BCUT2D eigenvalue weighted by molar-refractivity contribution is 5.90. The number of carbonyl (C=O) groups excluding carboxylic acids is 1. The van der Waals surface area contributed by atoms with Crippen LogP contribution in [0, 0.1) is 12.7 Å². The van der Waals surface area contributed by atoms with Gasteiger partial charge in [-0.1, -0.05) is 18.2 Å². The summed E-state index contributed by atoms with van der Waals surface area (Å²) in [6, 6.07) is 15.1. The van der Waals surface area contributed by atoms with Gasteiger partial charge in [-0.25, -0.2) is 9.37 Å². The summed E-state index contributed by atoms with van der Waals surface area (Å²) in [6.07, 6.45) is 3.34. The van der Waals surface area contributed by atoms with Crippen LogP contribution in [-0.4, -0.2) is 30.5 Å². The van der Waals surface area contributed by atoms with Crippen LogP contribution in [0.1, 0.15) is 5.69 Å². The summed E-state index contributed by atoms with van der Waals surface area (Å²) >= 11 is 0. The van der Waals surface area contributed by atoms with Crippen molar-refractivity contribution in [1.82, 2.24) is 24.5 Å². The molecule has 7 nitrogen and oxygen atoms in total. The van der Waals surface area contributed by atoms with Crippen LogP contribution in [0.15, 0.2) is 67.0 Å². The van der Waals surface area contributed by atoms with E-state index in [-0.39, 0.29) is 18.3 Å². The monoisotopic (exact) mass is 376 g/mol. The summed E-state index contributed by atoms with van der Waals surface area (Å²) in [5, 5.41) is 11.6. The largest absolute Gasteiger partial charge is 0.309 e. The van der Waals surface area contributed by atoms with Gasteiger partial charge in [0.25, 0.3) is 0 Å². The van der Waals surface area contributed by atoms with Crippen LogP contribution >= 0.6 is 0 Å². The molecule has 1 aromatic carbocycles. The second-order valence-corrected chi connectivity index (χ2v) is 6.23. The van der Waals surface area contributed by atoms with E-state index in [9.17, 15) is 9.18 Å². The number of amides is 1. The second kappa shape index (κ2) is 7.43. The van der Waals surface area contributed by atoms with E-state index >= 15 is 0 Å². The van der Waals surface area contributed by atoms with Gasteiger partial charge in [-0.3, -0.25) is 9.48 Å². The van der Waals surface area contributed by atoms with Crippen LogP contribution in [0.3, 0.4) is 0 Å². The van der Waals surface area contributed by atoms with Gasteiger partial charge in [0, 0.05) is 24.0 Å². The summed E-state index contributed by atoms with van der Waals surface area (Å²) < 4.78 is 16.5. The molecule has 140 valence electrons. The maximum absolute atomic E-state index is 13.4. The number of aromatic nitrogens is 5. The normalized spacial score (nSPS) is 10.8. The minimum atomic E-state index is -0.331. The second-order valence-electron chi connectivity index (χ2n) is 6.23. The molecule has 1 N–H and O–H groups in total. The van der Waals surface area contributed by atoms with Crippen molar-refractivity contribution in [3.63, 3.8) is 0 Å². The first kappa shape index (κ1) is 17.6. The SMILES string of the molecule is Cc1cc(NC(=O)Cn2ccc(-c3cccc(F)c3)n2)n(-c2ccccn2)n1. The van der Waals surface area contributed by atoms with Gasteiger partial charge in [0.2, 0.25) is 5.91 Å². The van der Waals surface area contributed by atoms with E-state index in [1.807, 2.05) is 19.1 Å². The van der Waals surface area contributed by atoms with E-state index in [0.29, 0.717) is 22.9 Å². The molecule has 0 aliphatic carbocycles. The fourth-order valence-electron chi connectivity index (χ4n) is 2.82. The van der Waals surface area contributed by atoms with E-state index < -0.39 is 0 Å². The molecular formula is C20H17FN6O.